The third-order valence-electron chi connectivity index (χ3n) is 6.02. The summed E-state index contributed by atoms with van der Waals surface area (Å²) in [5, 5.41) is 10.2. The first-order valence-corrected chi connectivity index (χ1v) is 9.75. The van der Waals surface area contributed by atoms with Crippen molar-refractivity contribution < 1.29 is 4.79 Å². The first-order chi connectivity index (χ1) is 13.2. The zero-order valence-electron chi connectivity index (χ0n) is 15.1. The van der Waals surface area contributed by atoms with Gasteiger partial charge in [-0.3, -0.25) is 14.5 Å². The molecule has 140 valence electrons. The van der Waals surface area contributed by atoms with Crippen molar-refractivity contribution in [2.45, 2.75) is 57.0 Å². The van der Waals surface area contributed by atoms with Crippen LogP contribution in [0.1, 0.15) is 59.8 Å². The summed E-state index contributed by atoms with van der Waals surface area (Å²) in [6.07, 6.45) is 8.88. The van der Waals surface area contributed by atoms with Crippen LogP contribution in [0.25, 0.3) is 11.0 Å². The normalized spacial score (nSPS) is 20.1. The largest absolute Gasteiger partial charge is 0.349 e. The van der Waals surface area contributed by atoms with Crippen LogP contribution in [0.2, 0.25) is 0 Å². The molecule has 27 heavy (non-hydrogen) atoms. The SMILES string of the molecule is O=C(NC1CCc2[nH]ncc2C1)c1ccc2c(c1)[nH]c(=O)n2C1CCCC1. The molecule has 0 aliphatic heterocycles. The Kier molecular flexibility index (Phi) is 3.88. The molecule has 0 bridgehead atoms. The lowest BCUT2D eigenvalue weighted by Crippen LogP contribution is -2.38. The van der Waals surface area contributed by atoms with E-state index in [0.717, 1.165) is 43.1 Å². The van der Waals surface area contributed by atoms with Crippen LogP contribution in [-0.2, 0) is 12.8 Å². The van der Waals surface area contributed by atoms with Gasteiger partial charge in [-0.25, -0.2) is 4.79 Å². The molecule has 1 atom stereocenters. The Morgan fingerprint density at radius 3 is 2.93 bits per heavy atom. The average Bonchev–Trinajstić information content (AvgIpc) is 3.39. The zero-order chi connectivity index (χ0) is 18.4. The third kappa shape index (κ3) is 2.87. The van der Waals surface area contributed by atoms with E-state index in [4.69, 9.17) is 0 Å². The molecule has 2 aliphatic rings. The minimum atomic E-state index is -0.0942. The number of aromatic amines is 2. The molecule has 1 amide bonds. The van der Waals surface area contributed by atoms with Gasteiger partial charge in [0.2, 0.25) is 0 Å². The summed E-state index contributed by atoms with van der Waals surface area (Å²) in [6.45, 7) is 0. The average molecular weight is 365 g/mol. The van der Waals surface area contributed by atoms with E-state index in [-0.39, 0.29) is 23.7 Å². The summed E-state index contributed by atoms with van der Waals surface area (Å²) >= 11 is 0. The predicted octanol–water partition coefficient (Wildman–Crippen LogP) is 2.46. The van der Waals surface area contributed by atoms with E-state index < -0.39 is 0 Å². The molecule has 0 spiro atoms. The number of hydrogen-bond donors (Lipinski definition) is 3. The monoisotopic (exact) mass is 365 g/mol. The van der Waals surface area contributed by atoms with Crippen molar-refractivity contribution in [1.82, 2.24) is 25.1 Å². The molecule has 1 aromatic carbocycles. The molecule has 1 saturated carbocycles. The maximum Gasteiger partial charge on any atom is 0.326 e. The maximum absolute atomic E-state index is 12.7. The number of amides is 1. The summed E-state index contributed by atoms with van der Waals surface area (Å²) < 4.78 is 1.87. The molecule has 5 rings (SSSR count). The molecule has 7 nitrogen and oxygen atoms in total. The Bertz CT molecular complexity index is 1050. The number of aryl methyl sites for hydroxylation is 1. The lowest BCUT2D eigenvalue weighted by atomic mass is 9.93. The minimum absolute atomic E-state index is 0.0748. The van der Waals surface area contributed by atoms with Gasteiger partial charge in [0.15, 0.2) is 0 Å². The second-order valence-corrected chi connectivity index (χ2v) is 7.76. The van der Waals surface area contributed by atoms with Crippen LogP contribution in [0.3, 0.4) is 0 Å². The fraction of sp³-hybridized carbons (Fsp3) is 0.450. The number of H-pyrrole nitrogens is 2. The molecule has 0 radical (unpaired) electrons. The third-order valence-corrected chi connectivity index (χ3v) is 6.02. The van der Waals surface area contributed by atoms with E-state index in [1.54, 1.807) is 6.07 Å². The molecular weight excluding hydrogens is 342 g/mol. The van der Waals surface area contributed by atoms with Crippen molar-refractivity contribution in [1.29, 1.82) is 0 Å². The fourth-order valence-corrected chi connectivity index (χ4v) is 4.61. The van der Waals surface area contributed by atoms with Crippen molar-refractivity contribution in [2.75, 3.05) is 0 Å². The van der Waals surface area contributed by atoms with E-state index in [0.29, 0.717) is 5.56 Å². The van der Waals surface area contributed by atoms with Crippen LogP contribution in [0.5, 0.6) is 0 Å². The number of nitrogens with one attached hydrogen (secondary N) is 3. The van der Waals surface area contributed by atoms with Crippen molar-refractivity contribution in [3.8, 4) is 0 Å². The highest BCUT2D eigenvalue weighted by atomic mass is 16.2. The van der Waals surface area contributed by atoms with E-state index in [2.05, 4.69) is 20.5 Å². The van der Waals surface area contributed by atoms with E-state index in [1.807, 2.05) is 22.9 Å². The number of carbonyl (C=O) groups is 1. The molecule has 2 aromatic heterocycles. The number of nitrogens with zero attached hydrogens (tertiary/aromatic N) is 2. The van der Waals surface area contributed by atoms with Gasteiger partial charge in [0, 0.05) is 23.3 Å². The maximum atomic E-state index is 12.7. The van der Waals surface area contributed by atoms with Crippen LogP contribution in [0.4, 0.5) is 0 Å². The molecule has 2 aliphatic carbocycles. The molecular formula is C20H23N5O2. The summed E-state index contributed by atoms with van der Waals surface area (Å²) in [7, 11) is 0. The highest BCUT2D eigenvalue weighted by Gasteiger charge is 2.24. The van der Waals surface area contributed by atoms with Crippen LogP contribution in [0, 0.1) is 0 Å². The molecule has 7 heteroatoms. The highest BCUT2D eigenvalue weighted by molar-refractivity contribution is 5.97. The van der Waals surface area contributed by atoms with Gasteiger partial charge in [0.05, 0.1) is 17.2 Å². The first-order valence-electron chi connectivity index (χ1n) is 9.75. The minimum Gasteiger partial charge on any atom is -0.349 e. The quantitative estimate of drug-likeness (QED) is 0.665. The summed E-state index contributed by atoms with van der Waals surface area (Å²) in [5.41, 5.74) is 4.49. The molecule has 0 saturated heterocycles. The van der Waals surface area contributed by atoms with Crippen LogP contribution in [-0.4, -0.2) is 31.7 Å². The van der Waals surface area contributed by atoms with Crippen LogP contribution < -0.4 is 11.0 Å². The Morgan fingerprint density at radius 1 is 1.22 bits per heavy atom. The number of rotatable bonds is 3. The number of imidazole rings is 1. The lowest BCUT2D eigenvalue weighted by molar-refractivity contribution is 0.0933. The summed E-state index contributed by atoms with van der Waals surface area (Å²) in [4.78, 5) is 28.1. The number of carbonyl (C=O) groups excluding carboxylic acids is 1. The van der Waals surface area contributed by atoms with Gasteiger partial charge in [-0.2, -0.15) is 5.10 Å². The molecule has 1 unspecified atom stereocenters. The first kappa shape index (κ1) is 16.4. The van der Waals surface area contributed by atoms with Gasteiger partial charge < -0.3 is 10.3 Å². The molecule has 2 heterocycles. The smallest absolute Gasteiger partial charge is 0.326 e. The van der Waals surface area contributed by atoms with Crippen molar-refractivity contribution in [3.63, 3.8) is 0 Å². The Labute approximate surface area is 156 Å². The zero-order valence-corrected chi connectivity index (χ0v) is 15.1. The fourth-order valence-electron chi connectivity index (χ4n) is 4.61. The molecule has 3 N–H and O–H groups in total. The second kappa shape index (κ2) is 6.40. The number of aromatic nitrogens is 4. The van der Waals surface area contributed by atoms with Crippen LogP contribution in [0.15, 0.2) is 29.2 Å². The number of fused-ring (bicyclic) bond motifs is 2. The standard InChI is InChI=1S/C20H23N5O2/c26-19(22-14-6-7-16-13(9-14)11-21-24-16)12-5-8-18-17(10-12)23-20(27)25(18)15-3-1-2-4-15/h5,8,10-11,14-15H,1-4,6-7,9H2,(H,21,24)(H,22,26)(H,23,27). The predicted molar refractivity (Wildman–Crippen MR) is 102 cm³/mol. The molecule has 1 fully saturated rings. The van der Waals surface area contributed by atoms with Gasteiger partial charge in [0.25, 0.3) is 5.91 Å². The van der Waals surface area contributed by atoms with Crippen molar-refractivity contribution in [3.05, 3.63) is 51.7 Å². The van der Waals surface area contributed by atoms with Crippen molar-refractivity contribution in [2.24, 2.45) is 0 Å². The van der Waals surface area contributed by atoms with Crippen LogP contribution >= 0.6 is 0 Å². The summed E-state index contributed by atoms with van der Waals surface area (Å²) in [6, 6.07) is 5.90. The molecule has 3 aromatic rings. The Morgan fingerprint density at radius 2 is 2.07 bits per heavy atom. The van der Waals surface area contributed by atoms with Gasteiger partial charge in [-0.1, -0.05) is 12.8 Å². The Balaban J connectivity index is 1.37. The van der Waals surface area contributed by atoms with E-state index >= 15 is 0 Å². The van der Waals surface area contributed by atoms with Gasteiger partial charge >= 0.3 is 5.69 Å². The van der Waals surface area contributed by atoms with E-state index in [1.165, 1.54) is 24.1 Å². The van der Waals surface area contributed by atoms with Crippen molar-refractivity contribution >= 4 is 16.9 Å². The van der Waals surface area contributed by atoms with E-state index in [9.17, 15) is 9.59 Å². The lowest BCUT2D eigenvalue weighted by Gasteiger charge is -2.22. The summed E-state index contributed by atoms with van der Waals surface area (Å²) in [5.74, 6) is -0.0942. The van der Waals surface area contributed by atoms with Gasteiger partial charge in [-0.15, -0.1) is 0 Å². The highest BCUT2D eigenvalue weighted by Crippen LogP contribution is 2.30. The number of benzene rings is 1. The number of hydrogen-bond acceptors (Lipinski definition) is 3. The van der Waals surface area contributed by atoms with Gasteiger partial charge in [0.1, 0.15) is 0 Å². The topological polar surface area (TPSA) is 95.6 Å². The Hall–Kier alpha value is -2.83. The van der Waals surface area contributed by atoms with Gasteiger partial charge in [-0.05, 0) is 55.9 Å². The second-order valence-electron chi connectivity index (χ2n) is 7.76.